The maximum atomic E-state index is 2.12. The highest BCUT2D eigenvalue weighted by Gasteiger charge is 1.91. The van der Waals surface area contributed by atoms with Crippen molar-refractivity contribution in [3.63, 3.8) is 0 Å². The van der Waals surface area contributed by atoms with Crippen LogP contribution in [0.4, 0.5) is 0 Å². The van der Waals surface area contributed by atoms with Gasteiger partial charge in [0.2, 0.25) is 0 Å². The first-order valence-electron chi connectivity index (χ1n) is 12.5. The summed E-state index contributed by atoms with van der Waals surface area (Å²) < 4.78 is 0. The molecule has 0 aliphatic carbocycles. The Kier molecular flexibility index (Phi) is 20.1. The Hall–Kier alpha value is -3.64. The van der Waals surface area contributed by atoms with E-state index < -0.39 is 0 Å². The van der Waals surface area contributed by atoms with Gasteiger partial charge in [0, 0.05) is 0 Å². The van der Waals surface area contributed by atoms with Crippen molar-refractivity contribution >= 4 is 10.8 Å². The second-order valence-electron chi connectivity index (χ2n) is 6.23. The van der Waals surface area contributed by atoms with Crippen LogP contribution in [0.3, 0.4) is 0 Å². The van der Waals surface area contributed by atoms with Gasteiger partial charge in [-0.15, -0.1) is 0 Å². The van der Waals surface area contributed by atoms with Crippen molar-refractivity contribution < 1.29 is 0 Å². The molecule has 0 radical (unpaired) electrons. The van der Waals surface area contributed by atoms with Gasteiger partial charge in [0.15, 0.2) is 0 Å². The van der Waals surface area contributed by atoms with Gasteiger partial charge in [-0.25, -0.2) is 0 Å². The van der Waals surface area contributed by atoms with Crippen LogP contribution in [0.1, 0.15) is 41.5 Å². The summed E-state index contributed by atoms with van der Waals surface area (Å²) in [5.41, 5.74) is 2.55. The molecule has 0 aliphatic rings. The highest BCUT2D eigenvalue weighted by Crippen LogP contribution is 2.17. The lowest BCUT2D eigenvalue weighted by molar-refractivity contribution is 1.50. The number of fused-ring (bicyclic) bond motifs is 1. The number of rotatable bonds is 1. The van der Waals surface area contributed by atoms with Crippen LogP contribution in [0.2, 0.25) is 0 Å². The molecule has 5 aromatic rings. The van der Waals surface area contributed by atoms with Crippen molar-refractivity contribution in [1.82, 2.24) is 0 Å². The average Bonchev–Trinajstić information content (AvgIpc) is 2.99. The van der Waals surface area contributed by atoms with E-state index in [1.54, 1.807) is 0 Å². The maximum Gasteiger partial charge on any atom is -0.0184 e. The van der Waals surface area contributed by atoms with E-state index in [0.29, 0.717) is 0 Å². The fourth-order valence-corrected chi connectivity index (χ4v) is 2.78. The third-order valence-corrected chi connectivity index (χ3v) is 4.21. The molecule has 0 atom stereocenters. The molecule has 0 N–H and O–H groups in total. The van der Waals surface area contributed by atoms with E-state index >= 15 is 0 Å². The minimum Gasteiger partial charge on any atom is -0.0683 e. The summed E-state index contributed by atoms with van der Waals surface area (Å²) in [7, 11) is 0. The first-order valence-corrected chi connectivity index (χ1v) is 12.5. The van der Waals surface area contributed by atoms with Crippen LogP contribution in [-0.4, -0.2) is 0 Å². The molecule has 0 spiro atoms. The third kappa shape index (κ3) is 13.0. The van der Waals surface area contributed by atoms with Crippen LogP contribution in [0, 0.1) is 0 Å². The van der Waals surface area contributed by atoms with Crippen LogP contribution >= 0.6 is 0 Å². The molecular formula is C34H42. The Balaban J connectivity index is 0.000000448. The smallest absolute Gasteiger partial charge is 0.0184 e. The molecule has 0 saturated carbocycles. The third-order valence-electron chi connectivity index (χ3n) is 4.21. The van der Waals surface area contributed by atoms with Gasteiger partial charge in [-0.1, -0.05) is 187 Å². The summed E-state index contributed by atoms with van der Waals surface area (Å²) >= 11 is 0. The van der Waals surface area contributed by atoms with Gasteiger partial charge in [0.1, 0.15) is 0 Å². The second kappa shape index (κ2) is 22.6. The molecule has 0 heteroatoms. The van der Waals surface area contributed by atoms with E-state index in [4.69, 9.17) is 0 Å². The molecule has 0 heterocycles. The van der Waals surface area contributed by atoms with Gasteiger partial charge in [0.25, 0.3) is 0 Å². The van der Waals surface area contributed by atoms with Crippen LogP contribution in [0.25, 0.3) is 21.9 Å². The topological polar surface area (TPSA) is 0 Å². The molecule has 0 saturated heterocycles. The molecule has 0 aliphatic heterocycles. The quantitative estimate of drug-likeness (QED) is 0.238. The minimum absolute atomic E-state index is 1.28. The normalized spacial score (nSPS) is 8.29. The molecule has 0 amide bonds. The summed E-state index contributed by atoms with van der Waals surface area (Å²) in [5, 5.41) is 2.62. The summed E-state index contributed by atoms with van der Waals surface area (Å²) in [4.78, 5) is 0. The lowest BCUT2D eigenvalue weighted by Gasteiger charge is -1.98. The highest BCUT2D eigenvalue weighted by molar-refractivity contribution is 5.82. The van der Waals surface area contributed by atoms with E-state index in [0.717, 1.165) is 0 Å². The SMILES string of the molecule is CC.CC.CC.c1ccc(-c2ccccc2)cc1.c1ccc2ccccc2c1.c1ccccc1. The van der Waals surface area contributed by atoms with Crippen molar-refractivity contribution in [3.8, 4) is 11.1 Å². The molecule has 0 bridgehead atoms. The highest BCUT2D eigenvalue weighted by atomic mass is 14.0. The first kappa shape index (κ1) is 30.4. The van der Waals surface area contributed by atoms with E-state index in [1.807, 2.05) is 90.1 Å². The standard InChI is InChI=1S/C12H10.C10H8.C6H6.3C2H6/c1-3-7-11(8-4-1)12-9-5-2-6-10-12;1-2-6-10-8-4-3-7-9(10)5-1;1-2-4-6-5-3-1;3*1-2/h1-10H;1-8H;1-6H;3*1-2H3. The Labute approximate surface area is 209 Å². The van der Waals surface area contributed by atoms with Crippen molar-refractivity contribution in [3.05, 3.63) is 146 Å². The monoisotopic (exact) mass is 450 g/mol. The average molecular weight is 451 g/mol. The fraction of sp³-hybridized carbons (Fsp3) is 0.176. The predicted octanol–water partition coefficient (Wildman–Crippen LogP) is 11.0. The summed E-state index contributed by atoms with van der Waals surface area (Å²) in [5.74, 6) is 0. The van der Waals surface area contributed by atoms with E-state index in [9.17, 15) is 0 Å². The van der Waals surface area contributed by atoms with E-state index in [1.165, 1.54) is 21.9 Å². The molecule has 34 heavy (non-hydrogen) atoms. The summed E-state index contributed by atoms with van der Waals surface area (Å²) in [6.07, 6.45) is 0. The van der Waals surface area contributed by atoms with Gasteiger partial charge in [-0.3, -0.25) is 0 Å². The zero-order chi connectivity index (χ0) is 25.3. The largest absolute Gasteiger partial charge is 0.0683 e. The minimum atomic E-state index is 1.28. The van der Waals surface area contributed by atoms with E-state index in [2.05, 4.69) is 97.1 Å². The first-order chi connectivity index (χ1) is 16.9. The Morgan fingerprint density at radius 2 is 0.412 bits per heavy atom. The Morgan fingerprint density at radius 3 is 0.647 bits per heavy atom. The van der Waals surface area contributed by atoms with Gasteiger partial charge in [-0.05, 0) is 21.9 Å². The molecular weight excluding hydrogens is 408 g/mol. The molecule has 0 unspecified atom stereocenters. The Morgan fingerprint density at radius 1 is 0.235 bits per heavy atom. The number of benzene rings is 5. The van der Waals surface area contributed by atoms with Crippen molar-refractivity contribution in [2.75, 3.05) is 0 Å². The van der Waals surface area contributed by atoms with Crippen LogP contribution in [0.15, 0.2) is 146 Å². The van der Waals surface area contributed by atoms with Crippen LogP contribution in [0.5, 0.6) is 0 Å². The fourth-order valence-electron chi connectivity index (χ4n) is 2.78. The van der Waals surface area contributed by atoms with Gasteiger partial charge in [-0.2, -0.15) is 0 Å². The van der Waals surface area contributed by atoms with E-state index in [-0.39, 0.29) is 0 Å². The lowest BCUT2D eigenvalue weighted by Crippen LogP contribution is -1.73. The van der Waals surface area contributed by atoms with Crippen LogP contribution in [-0.2, 0) is 0 Å². The summed E-state index contributed by atoms with van der Waals surface area (Å²) in [6.45, 7) is 12.0. The van der Waals surface area contributed by atoms with Crippen LogP contribution < -0.4 is 0 Å². The number of hydrogen-bond donors (Lipinski definition) is 0. The maximum absolute atomic E-state index is 2.12. The van der Waals surface area contributed by atoms with Gasteiger partial charge >= 0.3 is 0 Å². The molecule has 0 nitrogen and oxygen atoms in total. The summed E-state index contributed by atoms with van der Waals surface area (Å²) in [6, 6.07) is 49.5. The Bertz CT molecular complexity index is 906. The molecule has 0 fully saturated rings. The van der Waals surface area contributed by atoms with Crippen molar-refractivity contribution in [2.45, 2.75) is 41.5 Å². The lowest BCUT2D eigenvalue weighted by atomic mass is 10.1. The second-order valence-corrected chi connectivity index (χ2v) is 6.23. The van der Waals surface area contributed by atoms with Gasteiger partial charge < -0.3 is 0 Å². The predicted molar refractivity (Wildman–Crippen MR) is 156 cm³/mol. The molecule has 5 rings (SSSR count). The zero-order valence-corrected chi connectivity index (χ0v) is 21.9. The molecule has 5 aromatic carbocycles. The molecule has 0 aromatic heterocycles. The zero-order valence-electron chi connectivity index (χ0n) is 21.9. The van der Waals surface area contributed by atoms with Crippen molar-refractivity contribution in [1.29, 1.82) is 0 Å². The van der Waals surface area contributed by atoms with Crippen molar-refractivity contribution in [2.24, 2.45) is 0 Å². The van der Waals surface area contributed by atoms with Gasteiger partial charge in [0.05, 0.1) is 0 Å². The molecule has 178 valence electrons. The number of hydrogen-bond acceptors (Lipinski definition) is 0.